The van der Waals surface area contributed by atoms with Crippen molar-refractivity contribution >= 4 is 28.3 Å². The van der Waals surface area contributed by atoms with E-state index in [1.54, 1.807) is 42.5 Å². The van der Waals surface area contributed by atoms with Crippen molar-refractivity contribution in [3.63, 3.8) is 0 Å². The smallest absolute Gasteiger partial charge is 0.259 e. The number of carbonyl (C=O) groups excluding carboxylic acids is 1. The average molecular weight is 425 g/mol. The lowest BCUT2D eigenvalue weighted by Crippen LogP contribution is -2.34. The van der Waals surface area contributed by atoms with Crippen LogP contribution in [0.5, 0.6) is 0 Å². The van der Waals surface area contributed by atoms with Crippen molar-refractivity contribution in [3.8, 4) is 11.3 Å². The number of benzene rings is 1. The van der Waals surface area contributed by atoms with Gasteiger partial charge in [0.2, 0.25) is 0 Å². The molecule has 6 nitrogen and oxygen atoms in total. The van der Waals surface area contributed by atoms with Crippen LogP contribution < -0.4 is 5.32 Å². The minimum Gasteiger partial charge on any atom is -0.350 e. The Morgan fingerprint density at radius 2 is 2.10 bits per heavy atom. The number of hydrogen-bond acceptors (Lipinski definition) is 6. The van der Waals surface area contributed by atoms with E-state index in [1.165, 1.54) is 6.07 Å². The Kier molecular flexibility index (Phi) is 5.61. The number of nitrogens with one attached hydrogen (secondary N) is 1. The number of thiophene rings is 1. The first kappa shape index (κ1) is 20.2. The first-order valence-electron chi connectivity index (χ1n) is 9.44. The highest BCUT2D eigenvalue weighted by molar-refractivity contribution is 7.08. The summed E-state index contributed by atoms with van der Waals surface area (Å²) in [5.74, 6) is -0.703. The minimum absolute atomic E-state index is 0.0344. The van der Waals surface area contributed by atoms with Crippen LogP contribution in [0.2, 0.25) is 0 Å². The van der Waals surface area contributed by atoms with E-state index in [2.05, 4.69) is 25.7 Å². The number of aryl methyl sites for hydroxylation is 1. The highest BCUT2D eigenvalue weighted by atomic mass is 32.1. The molecule has 8 heteroatoms. The van der Waals surface area contributed by atoms with Gasteiger partial charge in [-0.2, -0.15) is 11.3 Å². The van der Waals surface area contributed by atoms with Gasteiger partial charge in [0.05, 0.1) is 28.4 Å². The third kappa shape index (κ3) is 3.83. The number of rotatable bonds is 6. The standard InChI is InChI=1S/C22H21FN4O2S/c1-13-20-16(21(28)24-11-19(27(2)3)14-8-9-30-12-14)10-18(25-22(20)29-26-13)15-6-4-5-7-17(15)23/h4-10,12,19H,11H2,1-3H3,(H,24,28). The van der Waals surface area contributed by atoms with Crippen molar-refractivity contribution in [2.24, 2.45) is 0 Å². The van der Waals surface area contributed by atoms with Gasteiger partial charge < -0.3 is 14.7 Å². The molecule has 4 rings (SSSR count). The Balaban J connectivity index is 1.69. The normalized spacial score (nSPS) is 12.4. The maximum absolute atomic E-state index is 14.3. The summed E-state index contributed by atoms with van der Waals surface area (Å²) in [6, 6.07) is 9.98. The summed E-state index contributed by atoms with van der Waals surface area (Å²) in [6.07, 6.45) is 0. The quantitative estimate of drug-likeness (QED) is 0.496. The van der Waals surface area contributed by atoms with Crippen LogP contribution in [0.1, 0.15) is 27.7 Å². The molecule has 4 aromatic rings. The molecule has 1 N–H and O–H groups in total. The molecule has 1 amide bonds. The molecule has 0 bridgehead atoms. The lowest BCUT2D eigenvalue weighted by molar-refractivity contribution is 0.0943. The van der Waals surface area contributed by atoms with Crippen molar-refractivity contribution in [2.75, 3.05) is 20.6 Å². The fourth-order valence-corrected chi connectivity index (χ4v) is 4.14. The number of carbonyl (C=O) groups is 1. The van der Waals surface area contributed by atoms with Crippen LogP contribution in [-0.4, -0.2) is 41.6 Å². The van der Waals surface area contributed by atoms with E-state index >= 15 is 0 Å². The summed E-state index contributed by atoms with van der Waals surface area (Å²) in [6.45, 7) is 2.17. The van der Waals surface area contributed by atoms with Gasteiger partial charge in [0.25, 0.3) is 11.6 Å². The predicted molar refractivity (Wildman–Crippen MR) is 115 cm³/mol. The molecule has 0 aliphatic carbocycles. The van der Waals surface area contributed by atoms with Crippen molar-refractivity contribution in [3.05, 3.63) is 69.8 Å². The van der Waals surface area contributed by atoms with Crippen LogP contribution in [0.4, 0.5) is 4.39 Å². The largest absolute Gasteiger partial charge is 0.350 e. The number of hydrogen-bond donors (Lipinski definition) is 1. The monoisotopic (exact) mass is 424 g/mol. The Bertz CT molecular complexity index is 1190. The predicted octanol–water partition coefficient (Wildman–Crippen LogP) is 4.43. The van der Waals surface area contributed by atoms with Gasteiger partial charge in [0, 0.05) is 12.1 Å². The lowest BCUT2D eigenvalue weighted by atomic mass is 10.0. The molecule has 3 heterocycles. The van der Waals surface area contributed by atoms with Crippen molar-refractivity contribution in [1.29, 1.82) is 0 Å². The second-order valence-corrected chi connectivity index (χ2v) is 8.01. The van der Waals surface area contributed by atoms with Crippen LogP contribution in [0, 0.1) is 12.7 Å². The minimum atomic E-state index is -0.419. The van der Waals surface area contributed by atoms with Crippen LogP contribution in [0.25, 0.3) is 22.4 Å². The van der Waals surface area contributed by atoms with Gasteiger partial charge >= 0.3 is 0 Å². The molecule has 1 unspecified atom stereocenters. The summed E-state index contributed by atoms with van der Waals surface area (Å²) in [5, 5.41) is 11.6. The summed E-state index contributed by atoms with van der Waals surface area (Å²) in [5.41, 5.74) is 2.89. The maximum atomic E-state index is 14.3. The van der Waals surface area contributed by atoms with Crippen molar-refractivity contribution in [2.45, 2.75) is 13.0 Å². The van der Waals surface area contributed by atoms with Crippen LogP contribution in [0.3, 0.4) is 0 Å². The van der Waals surface area contributed by atoms with Crippen LogP contribution in [-0.2, 0) is 0 Å². The van der Waals surface area contributed by atoms with Gasteiger partial charge in [-0.15, -0.1) is 0 Å². The zero-order valence-corrected chi connectivity index (χ0v) is 17.7. The van der Waals surface area contributed by atoms with Gasteiger partial charge in [-0.1, -0.05) is 17.3 Å². The first-order valence-corrected chi connectivity index (χ1v) is 10.4. The van der Waals surface area contributed by atoms with E-state index in [4.69, 9.17) is 4.52 Å². The molecule has 0 aliphatic rings. The van der Waals surface area contributed by atoms with E-state index in [0.29, 0.717) is 34.4 Å². The number of fused-ring (bicyclic) bond motifs is 1. The summed E-state index contributed by atoms with van der Waals surface area (Å²) in [4.78, 5) is 19.6. The van der Waals surface area contributed by atoms with Crippen LogP contribution >= 0.6 is 11.3 Å². The van der Waals surface area contributed by atoms with Gasteiger partial charge in [0.15, 0.2) is 0 Å². The number of pyridine rings is 1. The van der Waals surface area contributed by atoms with Gasteiger partial charge in [0.1, 0.15) is 5.82 Å². The molecule has 0 radical (unpaired) electrons. The fraction of sp³-hybridized carbons (Fsp3) is 0.227. The Morgan fingerprint density at radius 3 is 2.80 bits per heavy atom. The number of amides is 1. The summed E-state index contributed by atoms with van der Waals surface area (Å²) in [7, 11) is 3.94. The molecule has 1 aromatic carbocycles. The average Bonchev–Trinajstić information content (AvgIpc) is 3.38. The molecule has 3 aromatic heterocycles. The summed E-state index contributed by atoms with van der Waals surface area (Å²) < 4.78 is 19.6. The van der Waals surface area contributed by atoms with Gasteiger partial charge in [-0.25, -0.2) is 9.37 Å². The third-order valence-corrected chi connectivity index (χ3v) is 5.72. The maximum Gasteiger partial charge on any atom is 0.259 e. The summed E-state index contributed by atoms with van der Waals surface area (Å²) >= 11 is 1.62. The second kappa shape index (κ2) is 8.33. The fourth-order valence-electron chi connectivity index (χ4n) is 3.43. The SMILES string of the molecule is Cc1noc2nc(-c3ccccc3F)cc(C(=O)NCC(c3ccsc3)N(C)C)c12. The Morgan fingerprint density at radius 1 is 1.30 bits per heavy atom. The molecule has 0 fully saturated rings. The Labute approximate surface area is 177 Å². The molecular formula is C22H21FN4O2S. The number of aromatic nitrogens is 2. The van der Waals surface area contributed by atoms with E-state index in [1.807, 2.05) is 25.5 Å². The van der Waals surface area contributed by atoms with Gasteiger partial charge in [-0.05, 0) is 61.6 Å². The molecule has 0 saturated carbocycles. The van der Waals surface area contributed by atoms with E-state index in [0.717, 1.165) is 5.56 Å². The topological polar surface area (TPSA) is 71.3 Å². The molecule has 0 spiro atoms. The highest BCUT2D eigenvalue weighted by Crippen LogP contribution is 2.28. The molecular weight excluding hydrogens is 403 g/mol. The molecule has 0 saturated heterocycles. The van der Waals surface area contributed by atoms with E-state index < -0.39 is 5.82 Å². The van der Waals surface area contributed by atoms with Crippen molar-refractivity contribution < 1.29 is 13.7 Å². The van der Waals surface area contributed by atoms with E-state index in [9.17, 15) is 9.18 Å². The molecule has 0 aliphatic heterocycles. The first-order chi connectivity index (χ1) is 14.5. The third-order valence-electron chi connectivity index (χ3n) is 5.02. The molecule has 30 heavy (non-hydrogen) atoms. The molecule has 1 atom stereocenters. The van der Waals surface area contributed by atoms with Gasteiger partial charge in [-0.3, -0.25) is 4.79 Å². The molecule has 154 valence electrons. The number of nitrogens with zero attached hydrogens (tertiary/aromatic N) is 3. The number of likely N-dealkylation sites (N-methyl/N-ethyl adjacent to an activating group) is 1. The number of halogens is 1. The highest BCUT2D eigenvalue weighted by Gasteiger charge is 2.22. The zero-order valence-electron chi connectivity index (χ0n) is 16.8. The second-order valence-electron chi connectivity index (χ2n) is 7.23. The van der Waals surface area contributed by atoms with E-state index in [-0.39, 0.29) is 17.7 Å². The zero-order chi connectivity index (χ0) is 21.3. The van der Waals surface area contributed by atoms with Crippen LogP contribution in [0.15, 0.2) is 51.7 Å². The van der Waals surface area contributed by atoms with Crippen molar-refractivity contribution in [1.82, 2.24) is 20.4 Å². The lowest BCUT2D eigenvalue weighted by Gasteiger charge is -2.24. The Hall–Kier alpha value is -3.10.